The van der Waals surface area contributed by atoms with Crippen LogP contribution in [-0.2, 0) is 0 Å². The summed E-state index contributed by atoms with van der Waals surface area (Å²) in [5, 5.41) is 12.0. The number of unbranched alkanes of at least 4 members (excludes halogenated alkanes) is 6. The van der Waals surface area contributed by atoms with Crippen LogP contribution in [0.1, 0.15) is 58.3 Å². The van der Waals surface area contributed by atoms with Gasteiger partial charge in [-0.1, -0.05) is 45.4 Å². The van der Waals surface area contributed by atoms with E-state index in [0.717, 1.165) is 12.8 Å². The van der Waals surface area contributed by atoms with E-state index in [1.807, 2.05) is 0 Å². The zero-order chi connectivity index (χ0) is 9.94. The molecule has 80 valence electrons. The molecule has 2 nitrogen and oxygen atoms in total. The third-order valence-corrected chi connectivity index (χ3v) is 2.41. The fraction of sp³-hybridized carbons (Fsp3) is 1.00. The van der Waals surface area contributed by atoms with Crippen molar-refractivity contribution in [3.8, 4) is 0 Å². The highest BCUT2D eigenvalue weighted by molar-refractivity contribution is 4.50. The maximum Gasteiger partial charge on any atom is 0.104 e. The molecule has 0 saturated carbocycles. The molecular formula is C11H25NO. The number of rotatable bonds is 9. The Morgan fingerprint density at radius 2 is 1.54 bits per heavy atom. The molecule has 0 bridgehead atoms. The average Bonchev–Trinajstić information content (AvgIpc) is 2.16. The van der Waals surface area contributed by atoms with Gasteiger partial charge in [-0.15, -0.1) is 0 Å². The van der Waals surface area contributed by atoms with Crippen molar-refractivity contribution < 1.29 is 5.11 Å². The topological polar surface area (TPSA) is 32.3 Å². The van der Waals surface area contributed by atoms with Gasteiger partial charge in [0, 0.05) is 0 Å². The van der Waals surface area contributed by atoms with E-state index in [1.165, 1.54) is 38.5 Å². The van der Waals surface area contributed by atoms with Gasteiger partial charge in [-0.25, -0.2) is 0 Å². The van der Waals surface area contributed by atoms with Gasteiger partial charge in [-0.05, 0) is 19.9 Å². The zero-order valence-electron chi connectivity index (χ0n) is 9.18. The van der Waals surface area contributed by atoms with Gasteiger partial charge in [-0.3, -0.25) is 5.32 Å². The molecule has 0 aromatic heterocycles. The van der Waals surface area contributed by atoms with Crippen molar-refractivity contribution in [2.24, 2.45) is 0 Å². The Kier molecular flexibility index (Phi) is 9.94. The van der Waals surface area contributed by atoms with E-state index < -0.39 is 0 Å². The Balaban J connectivity index is 2.91. The number of aliphatic hydroxyl groups excluding tert-OH is 1. The first-order chi connectivity index (χ1) is 6.31. The molecule has 0 aromatic carbocycles. The van der Waals surface area contributed by atoms with E-state index in [0.29, 0.717) is 0 Å². The minimum atomic E-state index is -0.296. The Bertz CT molecular complexity index is 96.1. The fourth-order valence-electron chi connectivity index (χ4n) is 1.44. The first kappa shape index (κ1) is 12.9. The van der Waals surface area contributed by atoms with Crippen LogP contribution in [0, 0.1) is 0 Å². The minimum Gasteiger partial charge on any atom is -0.379 e. The monoisotopic (exact) mass is 187 g/mol. The molecule has 0 heterocycles. The number of aliphatic hydroxyl groups is 1. The lowest BCUT2D eigenvalue weighted by Gasteiger charge is -2.07. The zero-order valence-corrected chi connectivity index (χ0v) is 9.18. The van der Waals surface area contributed by atoms with Crippen molar-refractivity contribution in [1.29, 1.82) is 0 Å². The molecule has 0 amide bonds. The van der Waals surface area contributed by atoms with Crippen molar-refractivity contribution in [2.45, 2.75) is 64.5 Å². The van der Waals surface area contributed by atoms with E-state index in [-0.39, 0.29) is 6.23 Å². The summed E-state index contributed by atoms with van der Waals surface area (Å²) in [6, 6.07) is 0. The lowest BCUT2D eigenvalue weighted by molar-refractivity contribution is 0.133. The maximum absolute atomic E-state index is 9.19. The van der Waals surface area contributed by atoms with Gasteiger partial charge in [0.25, 0.3) is 0 Å². The van der Waals surface area contributed by atoms with Gasteiger partial charge in [-0.2, -0.15) is 0 Å². The third-order valence-electron chi connectivity index (χ3n) is 2.41. The molecule has 0 spiro atoms. The second-order valence-electron chi connectivity index (χ2n) is 3.71. The molecular weight excluding hydrogens is 162 g/mol. The summed E-state index contributed by atoms with van der Waals surface area (Å²) in [5.74, 6) is 0. The largest absolute Gasteiger partial charge is 0.379 e. The highest BCUT2D eigenvalue weighted by Crippen LogP contribution is 2.08. The van der Waals surface area contributed by atoms with Crippen LogP contribution in [0.2, 0.25) is 0 Å². The molecule has 1 atom stereocenters. The minimum absolute atomic E-state index is 0.296. The summed E-state index contributed by atoms with van der Waals surface area (Å²) < 4.78 is 0. The Morgan fingerprint density at radius 3 is 2.08 bits per heavy atom. The van der Waals surface area contributed by atoms with Crippen LogP contribution < -0.4 is 5.32 Å². The number of hydrogen-bond acceptors (Lipinski definition) is 2. The smallest absolute Gasteiger partial charge is 0.104 e. The molecule has 0 fully saturated rings. The van der Waals surface area contributed by atoms with E-state index in [4.69, 9.17) is 0 Å². The molecule has 13 heavy (non-hydrogen) atoms. The number of nitrogens with one attached hydrogen (secondary N) is 1. The lowest BCUT2D eigenvalue weighted by atomic mass is 10.1. The molecule has 0 aliphatic heterocycles. The molecule has 0 aromatic rings. The summed E-state index contributed by atoms with van der Waals surface area (Å²) in [4.78, 5) is 0. The molecule has 0 aliphatic rings. The quantitative estimate of drug-likeness (QED) is 0.429. The molecule has 0 radical (unpaired) electrons. The van der Waals surface area contributed by atoms with Gasteiger partial charge >= 0.3 is 0 Å². The normalized spacial score (nSPS) is 13.2. The van der Waals surface area contributed by atoms with Gasteiger partial charge in [0.05, 0.1) is 0 Å². The van der Waals surface area contributed by atoms with Crippen LogP contribution in [0.3, 0.4) is 0 Å². The summed E-state index contributed by atoms with van der Waals surface area (Å²) in [7, 11) is 1.80. The van der Waals surface area contributed by atoms with Crippen molar-refractivity contribution in [1.82, 2.24) is 5.32 Å². The van der Waals surface area contributed by atoms with E-state index in [1.54, 1.807) is 7.05 Å². The van der Waals surface area contributed by atoms with Gasteiger partial charge < -0.3 is 5.11 Å². The molecule has 0 aliphatic carbocycles. The van der Waals surface area contributed by atoms with Crippen molar-refractivity contribution in [3.63, 3.8) is 0 Å². The average molecular weight is 187 g/mol. The molecule has 0 rings (SSSR count). The van der Waals surface area contributed by atoms with E-state index in [9.17, 15) is 5.11 Å². The second-order valence-corrected chi connectivity index (χ2v) is 3.71. The molecule has 2 heteroatoms. The first-order valence-electron chi connectivity index (χ1n) is 5.66. The van der Waals surface area contributed by atoms with Crippen LogP contribution >= 0.6 is 0 Å². The predicted octanol–water partition coefficient (Wildman–Crippen LogP) is 2.66. The standard InChI is InChI=1S/C11H25NO/c1-3-4-5-6-7-8-9-10-11(13)12-2/h11-13H,3-10H2,1-2H3. The molecule has 1 unspecified atom stereocenters. The van der Waals surface area contributed by atoms with E-state index >= 15 is 0 Å². The molecule has 0 saturated heterocycles. The Morgan fingerprint density at radius 1 is 1.00 bits per heavy atom. The Labute approximate surface area is 82.7 Å². The summed E-state index contributed by atoms with van der Waals surface area (Å²) in [6.45, 7) is 2.24. The van der Waals surface area contributed by atoms with Gasteiger partial charge in [0.15, 0.2) is 0 Å². The second kappa shape index (κ2) is 10.0. The number of hydrogen-bond donors (Lipinski definition) is 2. The van der Waals surface area contributed by atoms with Crippen LogP contribution in [-0.4, -0.2) is 18.4 Å². The van der Waals surface area contributed by atoms with Crippen molar-refractivity contribution in [2.75, 3.05) is 7.05 Å². The SMILES string of the molecule is CCCCCCCCCC(O)NC. The highest BCUT2D eigenvalue weighted by Gasteiger charge is 1.98. The summed E-state index contributed by atoms with van der Waals surface area (Å²) >= 11 is 0. The van der Waals surface area contributed by atoms with E-state index in [2.05, 4.69) is 12.2 Å². The highest BCUT2D eigenvalue weighted by atomic mass is 16.3. The predicted molar refractivity (Wildman–Crippen MR) is 57.7 cm³/mol. The van der Waals surface area contributed by atoms with Crippen LogP contribution in [0.15, 0.2) is 0 Å². The van der Waals surface area contributed by atoms with Crippen LogP contribution in [0.25, 0.3) is 0 Å². The van der Waals surface area contributed by atoms with Crippen molar-refractivity contribution >= 4 is 0 Å². The van der Waals surface area contributed by atoms with Gasteiger partial charge in [0.2, 0.25) is 0 Å². The molecule has 2 N–H and O–H groups in total. The fourth-order valence-corrected chi connectivity index (χ4v) is 1.44. The van der Waals surface area contributed by atoms with Crippen LogP contribution in [0.4, 0.5) is 0 Å². The van der Waals surface area contributed by atoms with Crippen LogP contribution in [0.5, 0.6) is 0 Å². The maximum atomic E-state index is 9.19. The van der Waals surface area contributed by atoms with Crippen molar-refractivity contribution in [3.05, 3.63) is 0 Å². The third kappa shape index (κ3) is 9.84. The van der Waals surface area contributed by atoms with Gasteiger partial charge in [0.1, 0.15) is 6.23 Å². The summed E-state index contributed by atoms with van der Waals surface area (Å²) in [6.07, 6.45) is 9.78. The summed E-state index contributed by atoms with van der Waals surface area (Å²) in [5.41, 5.74) is 0. The lowest BCUT2D eigenvalue weighted by Crippen LogP contribution is -2.23. The Hall–Kier alpha value is -0.0800. The first-order valence-corrected chi connectivity index (χ1v) is 5.66.